The first-order valence-corrected chi connectivity index (χ1v) is 7.27. The van der Waals surface area contributed by atoms with E-state index in [0.717, 1.165) is 22.3 Å². The van der Waals surface area contributed by atoms with Gasteiger partial charge >= 0.3 is 5.97 Å². The number of rotatable bonds is 3. The maximum absolute atomic E-state index is 11.3. The molecule has 0 radical (unpaired) electrons. The molecule has 22 heavy (non-hydrogen) atoms. The van der Waals surface area contributed by atoms with Crippen molar-refractivity contribution in [3.8, 4) is 5.75 Å². The molecule has 0 aliphatic carbocycles. The van der Waals surface area contributed by atoms with E-state index in [1.54, 1.807) is 0 Å². The smallest absolute Gasteiger partial charge is 0.305 e. The summed E-state index contributed by atoms with van der Waals surface area (Å²) < 4.78 is 10.5. The molecule has 1 heterocycles. The fourth-order valence-electron chi connectivity index (χ4n) is 2.70. The molecule has 1 atom stereocenters. The Morgan fingerprint density at radius 1 is 1.27 bits per heavy atom. The van der Waals surface area contributed by atoms with E-state index < -0.39 is 6.10 Å². The maximum Gasteiger partial charge on any atom is 0.305 e. The minimum Gasteiger partial charge on any atom is -0.488 e. The van der Waals surface area contributed by atoms with Crippen molar-refractivity contribution >= 4 is 5.97 Å². The summed E-state index contributed by atoms with van der Waals surface area (Å²) >= 11 is 0. The van der Waals surface area contributed by atoms with Crippen LogP contribution in [0.4, 0.5) is 0 Å². The Bertz CT molecular complexity index is 693. The predicted octanol–water partition coefficient (Wildman–Crippen LogP) is 2.77. The van der Waals surface area contributed by atoms with Gasteiger partial charge in [0.15, 0.2) is 0 Å². The van der Waals surface area contributed by atoms with E-state index in [0.29, 0.717) is 25.2 Å². The topological polar surface area (TPSA) is 55.8 Å². The minimum absolute atomic E-state index is 0.239. The molecular weight excluding hydrogens is 280 g/mol. The van der Waals surface area contributed by atoms with Crippen LogP contribution >= 0.6 is 0 Å². The van der Waals surface area contributed by atoms with Crippen LogP contribution < -0.4 is 4.74 Å². The zero-order valence-corrected chi connectivity index (χ0v) is 12.4. The van der Waals surface area contributed by atoms with Crippen molar-refractivity contribution in [1.82, 2.24) is 0 Å². The molecule has 1 aliphatic heterocycles. The summed E-state index contributed by atoms with van der Waals surface area (Å²) in [6, 6.07) is 13.4. The van der Waals surface area contributed by atoms with Gasteiger partial charge in [0.25, 0.3) is 0 Å². The summed E-state index contributed by atoms with van der Waals surface area (Å²) in [4.78, 5) is 11.3. The highest BCUT2D eigenvalue weighted by Crippen LogP contribution is 2.36. The molecular formula is C18H18O4. The van der Waals surface area contributed by atoms with E-state index in [1.807, 2.05) is 42.5 Å². The van der Waals surface area contributed by atoms with Crippen LogP contribution in [0.15, 0.2) is 42.5 Å². The van der Waals surface area contributed by atoms with Gasteiger partial charge in [-0.2, -0.15) is 0 Å². The largest absolute Gasteiger partial charge is 0.488 e. The molecule has 0 unspecified atom stereocenters. The van der Waals surface area contributed by atoms with Gasteiger partial charge in [-0.3, -0.25) is 4.79 Å². The zero-order chi connectivity index (χ0) is 15.5. The summed E-state index contributed by atoms with van der Waals surface area (Å²) in [5.41, 5.74) is 3.58. The summed E-state index contributed by atoms with van der Waals surface area (Å²) in [5.74, 6) is 0.447. The Morgan fingerprint density at radius 3 is 2.91 bits per heavy atom. The monoisotopic (exact) mass is 298 g/mol. The lowest BCUT2D eigenvalue weighted by atomic mass is 9.95. The fourth-order valence-corrected chi connectivity index (χ4v) is 2.70. The molecule has 2 aromatic rings. The Balaban J connectivity index is 1.90. The van der Waals surface area contributed by atoms with Gasteiger partial charge in [0.05, 0.1) is 7.11 Å². The van der Waals surface area contributed by atoms with E-state index in [1.165, 1.54) is 7.11 Å². The zero-order valence-electron chi connectivity index (χ0n) is 12.4. The molecule has 0 bridgehead atoms. The number of fused-ring (bicyclic) bond motifs is 2. The third-order valence-corrected chi connectivity index (χ3v) is 3.95. The summed E-state index contributed by atoms with van der Waals surface area (Å²) in [7, 11) is 1.38. The number of carbonyl (C=O) groups is 1. The fraction of sp³-hybridized carbons (Fsp3) is 0.278. The number of aliphatic hydroxyl groups is 1. The van der Waals surface area contributed by atoms with Crippen LogP contribution in [0.2, 0.25) is 0 Å². The molecule has 3 rings (SSSR count). The SMILES string of the molecule is COC(=O)CCc1ccc2c(c1)[C@@H](O)c1ccccc1CO2. The number of ether oxygens (including phenoxy) is 2. The third-order valence-electron chi connectivity index (χ3n) is 3.95. The van der Waals surface area contributed by atoms with Gasteiger partial charge in [-0.1, -0.05) is 30.3 Å². The van der Waals surface area contributed by atoms with Gasteiger partial charge in [0, 0.05) is 12.0 Å². The highest BCUT2D eigenvalue weighted by atomic mass is 16.5. The Kier molecular flexibility index (Phi) is 4.11. The van der Waals surface area contributed by atoms with Crippen LogP contribution in [0.1, 0.15) is 34.8 Å². The molecule has 0 amide bonds. The van der Waals surface area contributed by atoms with Gasteiger partial charge in [-0.05, 0) is 35.2 Å². The number of carbonyl (C=O) groups excluding carboxylic acids is 1. The van der Waals surface area contributed by atoms with Crippen molar-refractivity contribution < 1.29 is 19.4 Å². The van der Waals surface area contributed by atoms with Crippen molar-refractivity contribution in [2.24, 2.45) is 0 Å². The number of benzene rings is 2. The number of methoxy groups -OCH3 is 1. The second kappa shape index (κ2) is 6.20. The standard InChI is InChI=1S/C18H18O4/c1-21-17(19)9-7-12-6-8-16-15(10-12)18(20)14-5-3-2-4-13(14)11-22-16/h2-6,8,10,18,20H,7,9,11H2,1H3/t18-/m0/s1. The first kappa shape index (κ1) is 14.6. The Hall–Kier alpha value is -2.33. The molecule has 0 fully saturated rings. The highest BCUT2D eigenvalue weighted by Gasteiger charge is 2.22. The molecule has 1 N–H and O–H groups in total. The van der Waals surface area contributed by atoms with Gasteiger partial charge in [-0.25, -0.2) is 0 Å². The van der Waals surface area contributed by atoms with Crippen LogP contribution in [0.25, 0.3) is 0 Å². The van der Waals surface area contributed by atoms with E-state index in [-0.39, 0.29) is 5.97 Å². The summed E-state index contributed by atoms with van der Waals surface area (Å²) in [5, 5.41) is 10.7. The van der Waals surface area contributed by atoms with E-state index >= 15 is 0 Å². The number of aryl methyl sites for hydroxylation is 1. The lowest BCUT2D eigenvalue weighted by Gasteiger charge is -2.14. The normalized spacial score (nSPS) is 16.0. The van der Waals surface area contributed by atoms with Crippen molar-refractivity contribution in [2.75, 3.05) is 7.11 Å². The van der Waals surface area contributed by atoms with E-state index in [4.69, 9.17) is 4.74 Å². The van der Waals surface area contributed by atoms with Gasteiger partial charge in [-0.15, -0.1) is 0 Å². The number of esters is 1. The second-order valence-electron chi connectivity index (χ2n) is 5.34. The van der Waals surface area contributed by atoms with Crippen molar-refractivity contribution in [3.05, 3.63) is 64.7 Å². The molecule has 4 heteroatoms. The predicted molar refractivity (Wildman–Crippen MR) is 81.6 cm³/mol. The summed E-state index contributed by atoms with van der Waals surface area (Å²) in [6.45, 7) is 0.446. The third kappa shape index (κ3) is 2.83. The molecule has 0 aromatic heterocycles. The first-order chi connectivity index (χ1) is 10.7. The molecule has 4 nitrogen and oxygen atoms in total. The van der Waals surface area contributed by atoms with Gasteiger partial charge in [0.1, 0.15) is 18.5 Å². The van der Waals surface area contributed by atoms with Crippen LogP contribution in [-0.2, 0) is 22.6 Å². The summed E-state index contributed by atoms with van der Waals surface area (Å²) in [6.07, 6.45) is 0.184. The van der Waals surface area contributed by atoms with Crippen LogP contribution in [0.5, 0.6) is 5.75 Å². The van der Waals surface area contributed by atoms with Crippen molar-refractivity contribution in [3.63, 3.8) is 0 Å². The average Bonchev–Trinajstić information content (AvgIpc) is 2.70. The van der Waals surface area contributed by atoms with Crippen LogP contribution in [0, 0.1) is 0 Å². The van der Waals surface area contributed by atoms with Gasteiger partial charge in [0.2, 0.25) is 0 Å². The molecule has 0 saturated heterocycles. The lowest BCUT2D eigenvalue weighted by Crippen LogP contribution is -2.04. The van der Waals surface area contributed by atoms with Crippen molar-refractivity contribution in [2.45, 2.75) is 25.6 Å². The van der Waals surface area contributed by atoms with Crippen LogP contribution in [0.3, 0.4) is 0 Å². The average molecular weight is 298 g/mol. The number of aliphatic hydroxyl groups excluding tert-OH is 1. The van der Waals surface area contributed by atoms with Crippen LogP contribution in [-0.4, -0.2) is 18.2 Å². The quantitative estimate of drug-likeness (QED) is 0.885. The molecule has 1 aliphatic rings. The molecule has 0 saturated carbocycles. The van der Waals surface area contributed by atoms with Gasteiger partial charge < -0.3 is 14.6 Å². The minimum atomic E-state index is -0.716. The first-order valence-electron chi connectivity index (χ1n) is 7.27. The Labute approximate surface area is 129 Å². The highest BCUT2D eigenvalue weighted by molar-refractivity contribution is 5.69. The van der Waals surface area contributed by atoms with E-state index in [9.17, 15) is 9.90 Å². The van der Waals surface area contributed by atoms with Crippen molar-refractivity contribution in [1.29, 1.82) is 0 Å². The molecule has 0 spiro atoms. The number of hydrogen-bond donors (Lipinski definition) is 1. The second-order valence-corrected chi connectivity index (χ2v) is 5.34. The number of hydrogen-bond acceptors (Lipinski definition) is 4. The molecule has 2 aromatic carbocycles. The Morgan fingerprint density at radius 2 is 2.09 bits per heavy atom. The maximum atomic E-state index is 11.3. The molecule has 114 valence electrons. The van der Waals surface area contributed by atoms with E-state index in [2.05, 4.69) is 4.74 Å². The lowest BCUT2D eigenvalue weighted by molar-refractivity contribution is -0.140.